The molecule has 1 amide bonds. The summed E-state index contributed by atoms with van der Waals surface area (Å²) in [7, 11) is 0. The molecule has 9 heteroatoms. The third-order valence-electron chi connectivity index (χ3n) is 5.42. The van der Waals surface area contributed by atoms with E-state index in [1.54, 1.807) is 12.1 Å². The number of aliphatic carboxylic acids is 1. The zero-order valence-electron chi connectivity index (χ0n) is 17.3. The fourth-order valence-corrected chi connectivity index (χ4v) is 3.64. The van der Waals surface area contributed by atoms with Crippen LogP contribution in [0.5, 0.6) is 5.75 Å². The number of carboxylic acids is 1. The number of amides is 1. The molecule has 3 rings (SSSR count). The second kappa shape index (κ2) is 9.73. The number of hydrogen-bond donors (Lipinski definition) is 3. The normalized spacial score (nSPS) is 16.3. The average molecular weight is 416 g/mol. The number of nitrogens with zero attached hydrogens (tertiary/aromatic N) is 3. The number of hydrogen-bond acceptors (Lipinski definition) is 7. The molecule has 1 saturated heterocycles. The summed E-state index contributed by atoms with van der Waals surface area (Å²) in [4.78, 5) is 28.4. The molecule has 3 N–H and O–H groups in total. The maximum absolute atomic E-state index is 12.3. The van der Waals surface area contributed by atoms with E-state index < -0.39 is 11.9 Å². The van der Waals surface area contributed by atoms with Crippen molar-refractivity contribution in [1.29, 1.82) is 0 Å². The van der Waals surface area contributed by atoms with E-state index in [0.717, 1.165) is 49.7 Å². The standard InChI is InChI=1S/C21H28N4O5/c1-14-19(15(2)30-23-14)13-25-8-6-24(7-9-25)12-16(21(28)29)10-20(27)22-17-4-3-5-18(26)11-17/h3-5,11,16,26H,6-10,12-13H2,1-2H3,(H,22,27)(H,28,29). The van der Waals surface area contributed by atoms with Crippen LogP contribution in [0.25, 0.3) is 0 Å². The van der Waals surface area contributed by atoms with Crippen LogP contribution in [0.2, 0.25) is 0 Å². The van der Waals surface area contributed by atoms with Crippen molar-refractivity contribution in [3.63, 3.8) is 0 Å². The van der Waals surface area contributed by atoms with Crippen LogP contribution in [-0.4, -0.2) is 69.8 Å². The lowest BCUT2D eigenvalue weighted by Crippen LogP contribution is -2.48. The number of aromatic hydroxyl groups is 1. The highest BCUT2D eigenvalue weighted by Crippen LogP contribution is 2.19. The number of carbonyl (C=O) groups excluding carboxylic acids is 1. The molecule has 1 aliphatic rings. The van der Waals surface area contributed by atoms with Gasteiger partial charge in [0.2, 0.25) is 5.91 Å². The zero-order chi connectivity index (χ0) is 21.7. The molecule has 1 aromatic carbocycles. The summed E-state index contributed by atoms with van der Waals surface area (Å²) in [5.74, 6) is -1.30. The maximum atomic E-state index is 12.3. The predicted octanol–water partition coefficient (Wildman–Crippen LogP) is 1.84. The predicted molar refractivity (Wildman–Crippen MR) is 110 cm³/mol. The topological polar surface area (TPSA) is 119 Å². The van der Waals surface area contributed by atoms with E-state index in [0.29, 0.717) is 12.2 Å². The molecule has 1 aliphatic heterocycles. The van der Waals surface area contributed by atoms with E-state index >= 15 is 0 Å². The summed E-state index contributed by atoms with van der Waals surface area (Å²) in [5, 5.41) is 25.7. The zero-order valence-corrected chi connectivity index (χ0v) is 17.3. The average Bonchev–Trinajstić information content (AvgIpc) is 3.00. The molecule has 2 heterocycles. The number of anilines is 1. The van der Waals surface area contributed by atoms with E-state index in [1.165, 1.54) is 12.1 Å². The highest BCUT2D eigenvalue weighted by Gasteiger charge is 2.27. The van der Waals surface area contributed by atoms with Gasteiger partial charge in [0, 0.05) is 63.0 Å². The molecule has 162 valence electrons. The summed E-state index contributed by atoms with van der Waals surface area (Å²) < 4.78 is 5.22. The van der Waals surface area contributed by atoms with Crippen molar-refractivity contribution in [2.75, 3.05) is 38.0 Å². The van der Waals surface area contributed by atoms with Crippen molar-refractivity contribution in [3.8, 4) is 5.75 Å². The maximum Gasteiger partial charge on any atom is 0.308 e. The van der Waals surface area contributed by atoms with Crippen LogP contribution < -0.4 is 5.32 Å². The molecule has 1 fully saturated rings. The SMILES string of the molecule is Cc1noc(C)c1CN1CCN(CC(CC(=O)Nc2cccc(O)c2)C(=O)O)CC1. The van der Waals surface area contributed by atoms with E-state index in [-0.39, 0.29) is 18.1 Å². The summed E-state index contributed by atoms with van der Waals surface area (Å²) in [6, 6.07) is 6.18. The summed E-state index contributed by atoms with van der Waals surface area (Å²) >= 11 is 0. The van der Waals surface area contributed by atoms with Crippen LogP contribution in [0.3, 0.4) is 0 Å². The van der Waals surface area contributed by atoms with Gasteiger partial charge in [-0.2, -0.15) is 0 Å². The van der Waals surface area contributed by atoms with Crippen molar-refractivity contribution >= 4 is 17.6 Å². The molecule has 0 bridgehead atoms. The fourth-order valence-electron chi connectivity index (χ4n) is 3.64. The number of piperazine rings is 1. The van der Waals surface area contributed by atoms with Crippen molar-refractivity contribution in [2.24, 2.45) is 5.92 Å². The monoisotopic (exact) mass is 416 g/mol. The van der Waals surface area contributed by atoms with Gasteiger partial charge in [-0.25, -0.2) is 0 Å². The molecule has 1 aromatic heterocycles. The van der Waals surface area contributed by atoms with Gasteiger partial charge in [0.15, 0.2) is 0 Å². The highest BCUT2D eigenvalue weighted by atomic mass is 16.5. The second-order valence-electron chi connectivity index (χ2n) is 7.72. The Morgan fingerprint density at radius 1 is 1.20 bits per heavy atom. The smallest absolute Gasteiger partial charge is 0.308 e. The molecular weight excluding hydrogens is 388 g/mol. The first kappa shape index (κ1) is 21.8. The number of aromatic nitrogens is 1. The summed E-state index contributed by atoms with van der Waals surface area (Å²) in [5.41, 5.74) is 2.45. The molecule has 9 nitrogen and oxygen atoms in total. The van der Waals surface area contributed by atoms with Crippen molar-refractivity contribution in [3.05, 3.63) is 41.3 Å². The lowest BCUT2D eigenvalue weighted by atomic mass is 10.0. The molecular formula is C21H28N4O5. The van der Waals surface area contributed by atoms with E-state index in [4.69, 9.17) is 4.52 Å². The molecule has 0 aliphatic carbocycles. The Kier molecular flexibility index (Phi) is 7.07. The molecule has 0 spiro atoms. The molecule has 2 aromatic rings. The van der Waals surface area contributed by atoms with Gasteiger partial charge in [0.05, 0.1) is 11.6 Å². The minimum absolute atomic E-state index is 0.0389. The molecule has 1 unspecified atom stereocenters. The van der Waals surface area contributed by atoms with Crippen LogP contribution in [0, 0.1) is 19.8 Å². The Hall–Kier alpha value is -2.91. The number of aryl methyl sites for hydroxylation is 2. The number of phenols is 1. The van der Waals surface area contributed by atoms with Gasteiger partial charge in [-0.1, -0.05) is 11.2 Å². The first-order chi connectivity index (χ1) is 14.3. The first-order valence-corrected chi connectivity index (χ1v) is 10.00. The Bertz CT molecular complexity index is 870. The number of phenolic OH excluding ortho intramolecular Hbond substituents is 1. The summed E-state index contributed by atoms with van der Waals surface area (Å²) in [6.07, 6.45) is -0.121. The largest absolute Gasteiger partial charge is 0.508 e. The molecule has 30 heavy (non-hydrogen) atoms. The van der Waals surface area contributed by atoms with Gasteiger partial charge in [0.25, 0.3) is 0 Å². The Labute approximate surface area is 175 Å². The third kappa shape index (κ3) is 5.80. The quantitative estimate of drug-likeness (QED) is 0.596. The van der Waals surface area contributed by atoms with Crippen molar-refractivity contribution in [1.82, 2.24) is 15.0 Å². The van der Waals surface area contributed by atoms with Crippen LogP contribution >= 0.6 is 0 Å². The van der Waals surface area contributed by atoms with Crippen LogP contribution in [-0.2, 0) is 16.1 Å². The lowest BCUT2D eigenvalue weighted by Gasteiger charge is -2.35. The van der Waals surface area contributed by atoms with E-state index in [9.17, 15) is 19.8 Å². The minimum Gasteiger partial charge on any atom is -0.508 e. The number of carboxylic acid groups (broad SMARTS) is 1. The first-order valence-electron chi connectivity index (χ1n) is 10.00. The number of nitrogens with one attached hydrogen (secondary N) is 1. The Balaban J connectivity index is 1.48. The fraction of sp³-hybridized carbons (Fsp3) is 0.476. The van der Waals surface area contributed by atoms with Gasteiger partial charge in [0.1, 0.15) is 11.5 Å². The molecule has 0 radical (unpaired) electrons. The Morgan fingerprint density at radius 2 is 1.90 bits per heavy atom. The van der Waals surface area contributed by atoms with Gasteiger partial charge < -0.3 is 20.1 Å². The number of benzene rings is 1. The molecule has 1 atom stereocenters. The summed E-state index contributed by atoms with van der Waals surface area (Å²) in [6.45, 7) is 8.03. The van der Waals surface area contributed by atoms with E-state index in [2.05, 4.69) is 20.3 Å². The second-order valence-corrected chi connectivity index (χ2v) is 7.72. The Morgan fingerprint density at radius 3 is 2.50 bits per heavy atom. The highest BCUT2D eigenvalue weighted by molar-refractivity contribution is 5.93. The van der Waals surface area contributed by atoms with Crippen LogP contribution in [0.15, 0.2) is 28.8 Å². The third-order valence-corrected chi connectivity index (χ3v) is 5.42. The van der Waals surface area contributed by atoms with Crippen molar-refractivity contribution < 1.29 is 24.3 Å². The van der Waals surface area contributed by atoms with Gasteiger partial charge in [-0.3, -0.25) is 19.4 Å². The van der Waals surface area contributed by atoms with Gasteiger partial charge >= 0.3 is 5.97 Å². The van der Waals surface area contributed by atoms with E-state index in [1.807, 2.05) is 13.8 Å². The van der Waals surface area contributed by atoms with Crippen LogP contribution in [0.4, 0.5) is 5.69 Å². The van der Waals surface area contributed by atoms with Crippen LogP contribution in [0.1, 0.15) is 23.4 Å². The van der Waals surface area contributed by atoms with Crippen molar-refractivity contribution in [2.45, 2.75) is 26.8 Å². The van der Waals surface area contributed by atoms with Gasteiger partial charge in [-0.05, 0) is 26.0 Å². The minimum atomic E-state index is -0.987. The van der Waals surface area contributed by atoms with Gasteiger partial charge in [-0.15, -0.1) is 0 Å². The number of rotatable bonds is 8. The lowest BCUT2D eigenvalue weighted by molar-refractivity contribution is -0.144. The molecule has 0 saturated carbocycles. The number of carbonyl (C=O) groups is 2.